The van der Waals surface area contributed by atoms with E-state index in [1.165, 1.54) is 14.2 Å². The Bertz CT molecular complexity index is 1100. The van der Waals surface area contributed by atoms with E-state index in [9.17, 15) is 9.59 Å². The van der Waals surface area contributed by atoms with Crippen LogP contribution in [-0.4, -0.2) is 37.7 Å². The van der Waals surface area contributed by atoms with E-state index in [1.54, 1.807) is 6.92 Å². The number of aromatic nitrogens is 1. The van der Waals surface area contributed by atoms with Crippen LogP contribution in [0.5, 0.6) is 5.75 Å². The fraction of sp³-hybridized carbons (Fsp3) is 0.444. The lowest BCUT2D eigenvalue weighted by atomic mass is 9.80. The van der Waals surface area contributed by atoms with Gasteiger partial charge in [-0.05, 0) is 72.9 Å². The van der Waals surface area contributed by atoms with Gasteiger partial charge in [-0.2, -0.15) is 0 Å². The van der Waals surface area contributed by atoms with Gasteiger partial charge in [-0.1, -0.05) is 32.1 Å². The summed E-state index contributed by atoms with van der Waals surface area (Å²) < 4.78 is 16.1. The van der Waals surface area contributed by atoms with Gasteiger partial charge in [0.05, 0.1) is 27.2 Å². The second-order valence-electron chi connectivity index (χ2n) is 8.61. The number of methoxy groups -OCH3 is 2. The van der Waals surface area contributed by atoms with E-state index in [-0.39, 0.29) is 24.0 Å². The molecule has 1 aromatic carbocycles. The number of fused-ring (bicyclic) bond motifs is 1. The molecule has 33 heavy (non-hydrogen) atoms. The second-order valence-corrected chi connectivity index (χ2v) is 8.61. The first-order valence-corrected chi connectivity index (χ1v) is 11.3. The maximum Gasteiger partial charge on any atom is 0.356 e. The number of esters is 2. The summed E-state index contributed by atoms with van der Waals surface area (Å²) in [7, 11) is 2.71. The fourth-order valence-corrected chi connectivity index (χ4v) is 4.60. The highest BCUT2D eigenvalue weighted by Crippen LogP contribution is 2.44. The lowest BCUT2D eigenvalue weighted by Crippen LogP contribution is -2.15. The van der Waals surface area contributed by atoms with Gasteiger partial charge >= 0.3 is 11.9 Å². The van der Waals surface area contributed by atoms with Crippen LogP contribution in [0.25, 0.3) is 17.2 Å². The van der Waals surface area contributed by atoms with Crippen LogP contribution in [0.1, 0.15) is 71.5 Å². The molecule has 6 heteroatoms. The molecule has 0 fully saturated rings. The molecule has 0 amide bonds. The Balaban J connectivity index is 2.42. The number of nitrogens with zero attached hydrogens (tertiary/aromatic N) is 1. The van der Waals surface area contributed by atoms with Gasteiger partial charge in [0.25, 0.3) is 0 Å². The van der Waals surface area contributed by atoms with E-state index >= 15 is 0 Å². The van der Waals surface area contributed by atoms with Gasteiger partial charge in [0.1, 0.15) is 5.75 Å². The first kappa shape index (κ1) is 24.5. The number of ether oxygens (including phenoxy) is 3. The molecule has 6 nitrogen and oxygen atoms in total. The Morgan fingerprint density at radius 3 is 2.55 bits per heavy atom. The number of carbonyl (C=O) groups is 2. The van der Waals surface area contributed by atoms with Gasteiger partial charge in [-0.25, -0.2) is 9.78 Å². The summed E-state index contributed by atoms with van der Waals surface area (Å²) in [6, 6.07) is 4.02. The van der Waals surface area contributed by atoms with E-state index in [4.69, 9.17) is 14.2 Å². The molecule has 176 valence electrons. The highest BCUT2D eigenvalue weighted by Gasteiger charge is 2.29. The van der Waals surface area contributed by atoms with Crippen molar-refractivity contribution in [1.29, 1.82) is 0 Å². The van der Waals surface area contributed by atoms with Crippen LogP contribution in [0.15, 0.2) is 18.2 Å². The normalized spacial score (nSPS) is 17.8. The first-order chi connectivity index (χ1) is 15.7. The third-order valence-corrected chi connectivity index (χ3v) is 6.67. The molecule has 0 aliphatic carbocycles. The monoisotopic (exact) mass is 451 g/mol. The Kier molecular flexibility index (Phi) is 7.57. The van der Waals surface area contributed by atoms with Crippen LogP contribution in [0, 0.1) is 19.8 Å². The van der Waals surface area contributed by atoms with Gasteiger partial charge in [0, 0.05) is 11.3 Å². The van der Waals surface area contributed by atoms with Crippen molar-refractivity contribution in [2.45, 2.75) is 53.4 Å². The number of benzene rings is 1. The molecule has 1 aliphatic heterocycles. The minimum Gasteiger partial charge on any atom is -0.493 e. The highest BCUT2D eigenvalue weighted by atomic mass is 16.5. The maximum absolute atomic E-state index is 12.5. The van der Waals surface area contributed by atoms with Crippen molar-refractivity contribution in [1.82, 2.24) is 4.98 Å². The zero-order valence-corrected chi connectivity index (χ0v) is 20.6. The van der Waals surface area contributed by atoms with Crippen LogP contribution in [0.3, 0.4) is 0 Å². The van der Waals surface area contributed by atoms with Crippen molar-refractivity contribution >= 4 is 18.0 Å². The van der Waals surface area contributed by atoms with E-state index < -0.39 is 5.97 Å². The van der Waals surface area contributed by atoms with Crippen molar-refractivity contribution in [3.05, 3.63) is 51.9 Å². The van der Waals surface area contributed by atoms with Crippen LogP contribution >= 0.6 is 0 Å². The molecule has 0 N–H and O–H groups in total. The number of allylic oxidation sites excluding steroid dienone is 1. The summed E-state index contributed by atoms with van der Waals surface area (Å²) in [4.78, 5) is 29.3. The fourth-order valence-electron chi connectivity index (χ4n) is 4.60. The quantitative estimate of drug-likeness (QED) is 0.565. The molecule has 0 bridgehead atoms. The largest absolute Gasteiger partial charge is 0.493 e. The molecule has 2 aromatic rings. The zero-order valence-electron chi connectivity index (χ0n) is 20.6. The third kappa shape index (κ3) is 4.65. The summed E-state index contributed by atoms with van der Waals surface area (Å²) in [6.07, 6.45) is 5.13. The first-order valence-electron chi connectivity index (χ1n) is 11.3. The lowest BCUT2D eigenvalue weighted by molar-refractivity contribution is -0.139. The molecule has 0 saturated carbocycles. The van der Waals surface area contributed by atoms with Crippen LogP contribution in [0.4, 0.5) is 0 Å². The minimum atomic E-state index is -0.505. The minimum absolute atomic E-state index is 0.0573. The molecule has 2 heterocycles. The van der Waals surface area contributed by atoms with E-state index in [1.807, 2.05) is 32.1 Å². The average Bonchev–Trinajstić information content (AvgIpc) is 2.94. The topological polar surface area (TPSA) is 74.7 Å². The predicted octanol–water partition coefficient (Wildman–Crippen LogP) is 5.42. The summed E-state index contributed by atoms with van der Waals surface area (Å²) in [6.45, 7) is 10.8. The third-order valence-electron chi connectivity index (χ3n) is 6.67. The molecule has 1 aromatic heterocycles. The van der Waals surface area contributed by atoms with Gasteiger partial charge in [-0.3, -0.25) is 4.79 Å². The zero-order chi connectivity index (χ0) is 24.3. The number of hydrogen-bond acceptors (Lipinski definition) is 6. The summed E-state index contributed by atoms with van der Waals surface area (Å²) in [5.74, 6) is 0.745. The molecule has 0 saturated heterocycles. The number of carbonyl (C=O) groups excluding carboxylic acids is 2. The average molecular weight is 452 g/mol. The van der Waals surface area contributed by atoms with E-state index in [0.29, 0.717) is 23.8 Å². The predicted molar refractivity (Wildman–Crippen MR) is 129 cm³/mol. The standard InChI is InChI=1S/C27H33NO5/c1-8-9-19-20(10-11-22-25(19)16(3)15(2)12-13-33-22)24-17(4)26(27(30)32-7)28-18(5)21(24)14-23(29)31-6/h8-11,15-16H,12-14H2,1-7H3. The van der Waals surface area contributed by atoms with E-state index in [2.05, 4.69) is 24.9 Å². The Morgan fingerprint density at radius 1 is 1.18 bits per heavy atom. The molecule has 2 unspecified atom stereocenters. The molecule has 3 rings (SSSR count). The van der Waals surface area contributed by atoms with Gasteiger partial charge < -0.3 is 14.2 Å². The van der Waals surface area contributed by atoms with Crippen molar-refractivity contribution in [2.24, 2.45) is 5.92 Å². The Morgan fingerprint density at radius 2 is 1.91 bits per heavy atom. The van der Waals surface area contributed by atoms with Crippen LogP contribution < -0.4 is 4.74 Å². The van der Waals surface area contributed by atoms with Crippen molar-refractivity contribution in [3.8, 4) is 16.9 Å². The second kappa shape index (κ2) is 10.2. The summed E-state index contributed by atoms with van der Waals surface area (Å²) in [5, 5.41) is 0. The van der Waals surface area contributed by atoms with Crippen molar-refractivity contribution in [3.63, 3.8) is 0 Å². The number of hydrogen-bond donors (Lipinski definition) is 0. The number of aryl methyl sites for hydroxylation is 1. The van der Waals surface area contributed by atoms with Gasteiger partial charge in [0.15, 0.2) is 5.69 Å². The molecule has 1 aliphatic rings. The van der Waals surface area contributed by atoms with Gasteiger partial charge in [0.2, 0.25) is 0 Å². The summed E-state index contributed by atoms with van der Waals surface area (Å²) >= 11 is 0. The summed E-state index contributed by atoms with van der Waals surface area (Å²) in [5.41, 5.74) is 6.19. The number of pyridine rings is 1. The molecule has 0 radical (unpaired) electrons. The highest BCUT2D eigenvalue weighted by molar-refractivity contribution is 5.94. The number of rotatable bonds is 5. The van der Waals surface area contributed by atoms with Crippen molar-refractivity contribution < 1.29 is 23.8 Å². The molecular weight excluding hydrogens is 418 g/mol. The molecule has 2 atom stereocenters. The Labute approximate surface area is 196 Å². The SMILES string of the molecule is CC=Cc1c(-c2c(C)c(C(=O)OC)nc(C)c2CC(=O)OC)ccc2c1C(C)C(C)CCO2. The maximum atomic E-state index is 12.5. The van der Waals surface area contributed by atoms with Crippen LogP contribution in [0.2, 0.25) is 0 Å². The van der Waals surface area contributed by atoms with Crippen molar-refractivity contribution in [2.75, 3.05) is 20.8 Å². The van der Waals surface area contributed by atoms with E-state index in [0.717, 1.165) is 40.0 Å². The lowest BCUT2D eigenvalue weighted by Gasteiger charge is -2.24. The van der Waals surface area contributed by atoms with Crippen LogP contribution in [-0.2, 0) is 20.7 Å². The Hall–Kier alpha value is -3.15. The molecular formula is C27H33NO5. The smallest absolute Gasteiger partial charge is 0.356 e. The molecule has 0 spiro atoms. The van der Waals surface area contributed by atoms with Gasteiger partial charge in [-0.15, -0.1) is 0 Å².